The zero-order valence-corrected chi connectivity index (χ0v) is 34.6. The second-order valence-electron chi connectivity index (χ2n) is 13.3. The van der Waals surface area contributed by atoms with Crippen LogP contribution in [-0.2, 0) is 22.7 Å². The minimum absolute atomic E-state index is 0.0814. The van der Waals surface area contributed by atoms with Crippen LogP contribution in [0.5, 0.6) is 0 Å². The van der Waals surface area contributed by atoms with Crippen LogP contribution in [0.4, 0.5) is 11.4 Å². The third-order valence-corrected chi connectivity index (χ3v) is 11.6. The van der Waals surface area contributed by atoms with Gasteiger partial charge < -0.3 is 19.6 Å². The molecule has 4 aromatic rings. The molecule has 2 heterocycles. The number of anilines is 2. The highest BCUT2D eigenvalue weighted by Gasteiger charge is 2.14. The summed E-state index contributed by atoms with van der Waals surface area (Å²) < 4.78 is 4.44. The van der Waals surface area contributed by atoms with Crippen molar-refractivity contribution < 1.29 is 18.7 Å². The van der Waals surface area contributed by atoms with Gasteiger partial charge in [0, 0.05) is 102 Å². The molecule has 2 aromatic carbocycles. The van der Waals surface area contributed by atoms with Crippen molar-refractivity contribution in [3.63, 3.8) is 0 Å². The molecular weight excluding hydrogens is 709 g/mol. The predicted molar refractivity (Wildman–Crippen MR) is 231 cm³/mol. The first-order valence-corrected chi connectivity index (χ1v) is 21.4. The number of rotatable bonds is 21. The van der Waals surface area contributed by atoms with Crippen LogP contribution < -0.4 is 18.9 Å². The summed E-state index contributed by atoms with van der Waals surface area (Å²) in [5, 5.41) is 0. The quantitative estimate of drug-likeness (QED) is 0.0505. The molecule has 8 nitrogen and oxygen atoms in total. The summed E-state index contributed by atoms with van der Waals surface area (Å²) in [7, 11) is 10.8. The van der Waals surface area contributed by atoms with E-state index in [0.29, 0.717) is 24.6 Å². The monoisotopic (exact) mass is 766 g/mol. The number of amides is 2. The van der Waals surface area contributed by atoms with Gasteiger partial charge >= 0.3 is 0 Å². The van der Waals surface area contributed by atoms with E-state index in [2.05, 4.69) is 169 Å². The van der Waals surface area contributed by atoms with Gasteiger partial charge in [-0.05, 0) is 74.2 Å². The largest absolute Gasteiger partial charge is 0.374 e. The number of para-hydroxylation sites is 2. The van der Waals surface area contributed by atoms with E-state index in [-0.39, 0.29) is 11.8 Å². The van der Waals surface area contributed by atoms with Crippen molar-refractivity contribution in [3.05, 3.63) is 120 Å². The van der Waals surface area contributed by atoms with E-state index >= 15 is 0 Å². The zero-order valence-electron chi connectivity index (χ0n) is 32.9. The van der Waals surface area contributed by atoms with Crippen LogP contribution in [0.15, 0.2) is 97.3 Å². The van der Waals surface area contributed by atoms with Gasteiger partial charge in [0.2, 0.25) is 23.2 Å². The van der Waals surface area contributed by atoms with E-state index in [1.54, 1.807) is 9.80 Å². The molecule has 0 aliphatic rings. The number of nitrogens with zero attached hydrogens (tertiary/aromatic N) is 6. The molecular formula is C44H58N6O2S2+2. The Kier molecular flexibility index (Phi) is 17.7. The average Bonchev–Trinajstić information content (AvgIpc) is 3.20. The van der Waals surface area contributed by atoms with Gasteiger partial charge in [0.25, 0.3) is 0 Å². The van der Waals surface area contributed by atoms with Gasteiger partial charge in [-0.15, -0.1) is 0 Å². The molecule has 0 radical (unpaired) electrons. The highest BCUT2D eigenvalue weighted by atomic mass is 33.1. The standard InChI is InChI=1S/C44H58N6O2S2/c1-7-49-33-15-13-21-39(49)27-25-37-19-9-11-23-41(37)45(3)29-17-31-47(5)43(51)35-53-54-36-44(52)48(6)32-18-30-46(4)42-24-12-10-20-38(42)26-28-40-22-14-16-34-50(40)8-2/h9-16,19-28,33-34H,7-8,17-18,29-32,35-36H2,1-6H3/q+2. The molecule has 54 heavy (non-hydrogen) atoms. The first-order valence-electron chi connectivity index (χ1n) is 18.9. The Morgan fingerprint density at radius 2 is 0.926 bits per heavy atom. The summed E-state index contributed by atoms with van der Waals surface area (Å²) in [6.07, 6.45) is 14.6. The van der Waals surface area contributed by atoms with E-state index < -0.39 is 0 Å². The molecule has 2 amide bonds. The van der Waals surface area contributed by atoms with Crippen LogP contribution in [0.25, 0.3) is 24.3 Å². The lowest BCUT2D eigenvalue weighted by molar-refractivity contribution is -0.695. The minimum Gasteiger partial charge on any atom is -0.374 e. The fourth-order valence-electron chi connectivity index (χ4n) is 6.15. The van der Waals surface area contributed by atoms with Crippen molar-refractivity contribution in [2.24, 2.45) is 0 Å². The molecule has 0 fully saturated rings. The number of pyridine rings is 2. The lowest BCUT2D eigenvalue weighted by atomic mass is 10.1. The molecule has 0 atom stereocenters. The van der Waals surface area contributed by atoms with E-state index in [1.165, 1.54) is 33.0 Å². The van der Waals surface area contributed by atoms with Crippen molar-refractivity contribution in [2.45, 2.75) is 39.8 Å². The van der Waals surface area contributed by atoms with Gasteiger partial charge in [0.1, 0.15) is 13.1 Å². The molecule has 2 aromatic heterocycles. The maximum absolute atomic E-state index is 12.8. The summed E-state index contributed by atoms with van der Waals surface area (Å²) in [6.45, 7) is 9.15. The van der Waals surface area contributed by atoms with Gasteiger partial charge in [0.05, 0.1) is 11.5 Å². The van der Waals surface area contributed by atoms with Crippen LogP contribution in [-0.4, -0.2) is 87.5 Å². The molecule has 4 rings (SSSR count). The van der Waals surface area contributed by atoms with Crippen molar-refractivity contribution in [1.29, 1.82) is 0 Å². The Hall–Kier alpha value is -4.54. The Bertz CT molecular complexity index is 1710. The first-order chi connectivity index (χ1) is 26.2. The Morgan fingerprint density at radius 1 is 0.537 bits per heavy atom. The maximum atomic E-state index is 12.8. The highest BCUT2D eigenvalue weighted by molar-refractivity contribution is 8.77. The summed E-state index contributed by atoms with van der Waals surface area (Å²) in [5.41, 5.74) is 6.99. The van der Waals surface area contributed by atoms with E-state index in [9.17, 15) is 9.59 Å². The third kappa shape index (κ3) is 13.1. The fourth-order valence-corrected chi connectivity index (χ4v) is 8.06. The van der Waals surface area contributed by atoms with Crippen LogP contribution in [0.2, 0.25) is 0 Å². The number of carbonyl (C=O) groups excluding carboxylic acids is 2. The van der Waals surface area contributed by atoms with Crippen molar-refractivity contribution in [1.82, 2.24) is 9.80 Å². The van der Waals surface area contributed by atoms with Gasteiger partial charge in [-0.3, -0.25) is 9.59 Å². The average molecular weight is 767 g/mol. The zero-order chi connectivity index (χ0) is 38.7. The molecule has 0 spiro atoms. The molecule has 286 valence electrons. The highest BCUT2D eigenvalue weighted by Crippen LogP contribution is 2.24. The van der Waals surface area contributed by atoms with E-state index in [1.807, 2.05) is 14.1 Å². The SMILES string of the molecule is CC[n+]1ccccc1/C=C/c1ccccc1N(C)CCCN(C)C(=O)CSSCC(=O)N(C)CCCN(C)c1ccccc1/C=C/c1cccc[n+]1CC. The number of carbonyl (C=O) groups is 2. The van der Waals surface area contributed by atoms with Gasteiger partial charge in [-0.25, -0.2) is 0 Å². The molecule has 0 saturated carbocycles. The second-order valence-corrected chi connectivity index (χ2v) is 15.8. The molecule has 0 N–H and O–H groups in total. The van der Waals surface area contributed by atoms with E-state index in [4.69, 9.17) is 0 Å². The predicted octanol–water partition coefficient (Wildman–Crippen LogP) is 7.29. The summed E-state index contributed by atoms with van der Waals surface area (Å²) in [4.78, 5) is 33.8. The normalized spacial score (nSPS) is 11.3. The van der Waals surface area contributed by atoms with Crippen LogP contribution in [0, 0.1) is 0 Å². The number of hydrogen-bond acceptors (Lipinski definition) is 6. The first kappa shape index (κ1) is 42.2. The molecule has 0 bridgehead atoms. The molecule has 0 unspecified atom stereocenters. The lowest BCUT2D eigenvalue weighted by Crippen LogP contribution is -2.34. The van der Waals surface area contributed by atoms with Gasteiger partial charge in [-0.1, -0.05) is 58.0 Å². The number of hydrogen-bond donors (Lipinski definition) is 0. The number of benzene rings is 2. The van der Waals surface area contributed by atoms with Crippen molar-refractivity contribution in [2.75, 3.05) is 75.7 Å². The second kappa shape index (κ2) is 22.6. The van der Waals surface area contributed by atoms with Crippen LogP contribution in [0.3, 0.4) is 0 Å². The van der Waals surface area contributed by atoms with Gasteiger partial charge in [-0.2, -0.15) is 9.13 Å². The summed E-state index contributed by atoms with van der Waals surface area (Å²) in [6, 6.07) is 29.3. The van der Waals surface area contributed by atoms with Crippen LogP contribution >= 0.6 is 21.6 Å². The Labute approximate surface area is 331 Å². The molecule has 0 aliphatic carbocycles. The molecule has 0 aliphatic heterocycles. The lowest BCUT2D eigenvalue weighted by Gasteiger charge is -2.24. The minimum atomic E-state index is 0.0814. The topological polar surface area (TPSA) is 54.9 Å². The van der Waals surface area contributed by atoms with E-state index in [0.717, 1.165) is 61.5 Å². The Morgan fingerprint density at radius 3 is 1.33 bits per heavy atom. The maximum Gasteiger partial charge on any atom is 0.233 e. The smallest absolute Gasteiger partial charge is 0.233 e. The van der Waals surface area contributed by atoms with Gasteiger partial charge in [0.15, 0.2) is 12.4 Å². The Balaban J connectivity index is 1.13. The molecule has 0 saturated heterocycles. The molecule has 10 heteroatoms. The summed E-state index contributed by atoms with van der Waals surface area (Å²) in [5.74, 6) is 0.858. The van der Waals surface area contributed by atoms with Crippen molar-refractivity contribution >= 4 is 69.1 Å². The van der Waals surface area contributed by atoms with Crippen LogP contribution in [0.1, 0.15) is 49.2 Å². The van der Waals surface area contributed by atoms with Crippen molar-refractivity contribution in [3.8, 4) is 0 Å². The number of aryl methyl sites for hydroxylation is 2. The fraction of sp³-hybridized carbons (Fsp3) is 0.364. The summed E-state index contributed by atoms with van der Waals surface area (Å²) >= 11 is 0. The number of aromatic nitrogens is 2. The third-order valence-electron chi connectivity index (χ3n) is 9.47.